The van der Waals surface area contributed by atoms with Gasteiger partial charge in [-0.3, -0.25) is 4.79 Å². The van der Waals surface area contributed by atoms with Gasteiger partial charge in [-0.1, -0.05) is 54.6 Å². The number of rotatable bonds is 7. The van der Waals surface area contributed by atoms with E-state index in [0.29, 0.717) is 5.57 Å². The molecule has 3 aromatic carbocycles. The van der Waals surface area contributed by atoms with E-state index < -0.39 is 9.84 Å². The molecule has 0 saturated carbocycles. The Kier molecular flexibility index (Phi) is 6.92. The molecule has 6 heteroatoms. The fraction of sp³-hybridized carbons (Fsp3) is 0.160. The molecule has 160 valence electrons. The van der Waals surface area contributed by atoms with Gasteiger partial charge < -0.3 is 10.1 Å². The number of carbonyl (C=O) groups is 1. The molecule has 0 unspecified atom stereocenters. The lowest BCUT2D eigenvalue weighted by molar-refractivity contribution is -0.116. The van der Waals surface area contributed by atoms with Crippen molar-refractivity contribution < 1.29 is 17.9 Å². The fourth-order valence-electron chi connectivity index (χ4n) is 3.13. The molecule has 0 aliphatic rings. The number of sulfone groups is 1. The van der Waals surface area contributed by atoms with Crippen LogP contribution in [0.25, 0.3) is 11.6 Å². The minimum absolute atomic E-state index is 0.221. The van der Waals surface area contributed by atoms with Gasteiger partial charge in [0.25, 0.3) is 5.91 Å². The van der Waals surface area contributed by atoms with E-state index in [-0.39, 0.29) is 16.8 Å². The van der Waals surface area contributed by atoms with E-state index in [4.69, 9.17) is 4.74 Å². The van der Waals surface area contributed by atoms with Gasteiger partial charge in [-0.2, -0.15) is 0 Å². The highest BCUT2D eigenvalue weighted by molar-refractivity contribution is 7.90. The fourth-order valence-corrected chi connectivity index (χ4v) is 3.76. The summed E-state index contributed by atoms with van der Waals surface area (Å²) in [6.07, 6.45) is 3.01. The van der Waals surface area contributed by atoms with E-state index in [1.165, 1.54) is 6.26 Å². The van der Waals surface area contributed by atoms with Gasteiger partial charge in [0, 0.05) is 11.8 Å². The highest BCUT2D eigenvalue weighted by Crippen LogP contribution is 2.23. The van der Waals surface area contributed by atoms with Crippen LogP contribution in [0.3, 0.4) is 0 Å². The van der Waals surface area contributed by atoms with Crippen LogP contribution in [0.2, 0.25) is 0 Å². The highest BCUT2D eigenvalue weighted by atomic mass is 32.2. The van der Waals surface area contributed by atoms with Gasteiger partial charge in [-0.25, -0.2) is 8.42 Å². The van der Waals surface area contributed by atoms with E-state index >= 15 is 0 Å². The Bertz CT molecular complexity index is 1170. The molecule has 0 bridgehead atoms. The molecular weight excluding hydrogens is 410 g/mol. The molecule has 1 atom stereocenters. The van der Waals surface area contributed by atoms with Gasteiger partial charge in [-0.15, -0.1) is 0 Å². The zero-order chi connectivity index (χ0) is 22.4. The number of carbonyl (C=O) groups excluding carboxylic acids is 1. The Balaban J connectivity index is 1.87. The number of ether oxygens (including phenoxy) is 1. The molecule has 0 radical (unpaired) electrons. The summed E-state index contributed by atoms with van der Waals surface area (Å²) in [5.41, 5.74) is 3.03. The zero-order valence-electron chi connectivity index (χ0n) is 17.7. The molecule has 0 aliphatic heterocycles. The molecule has 0 saturated heterocycles. The average molecular weight is 436 g/mol. The summed E-state index contributed by atoms with van der Waals surface area (Å²) in [5, 5.41) is 3.01. The summed E-state index contributed by atoms with van der Waals surface area (Å²) >= 11 is 0. The first-order valence-electron chi connectivity index (χ1n) is 9.80. The standard InChI is InChI=1S/C25H25NO4S/c1-18(20-11-15-23(16-12-20)31(3,28)29)26-25(27)24(21-7-5-4-6-8-21)17-19-9-13-22(30-2)14-10-19/h4-18H,1-3H3,(H,26,27)/b24-17+/t18-/m0/s1. The third-order valence-corrected chi connectivity index (χ3v) is 6.04. The van der Waals surface area contributed by atoms with E-state index in [9.17, 15) is 13.2 Å². The summed E-state index contributed by atoms with van der Waals surface area (Å²) in [4.78, 5) is 13.4. The van der Waals surface area contributed by atoms with Gasteiger partial charge in [0.1, 0.15) is 5.75 Å². The molecule has 5 nitrogen and oxygen atoms in total. The largest absolute Gasteiger partial charge is 0.497 e. The number of hydrogen-bond acceptors (Lipinski definition) is 4. The monoisotopic (exact) mass is 435 g/mol. The maximum Gasteiger partial charge on any atom is 0.252 e. The van der Waals surface area contributed by atoms with Crippen molar-refractivity contribution in [1.82, 2.24) is 5.32 Å². The van der Waals surface area contributed by atoms with E-state index in [1.54, 1.807) is 31.4 Å². The number of methoxy groups -OCH3 is 1. The van der Waals surface area contributed by atoms with Crippen molar-refractivity contribution in [2.24, 2.45) is 0 Å². The second-order valence-electron chi connectivity index (χ2n) is 7.23. The lowest BCUT2D eigenvalue weighted by Gasteiger charge is -2.17. The highest BCUT2D eigenvalue weighted by Gasteiger charge is 2.16. The predicted octanol–water partition coefficient (Wildman–Crippen LogP) is 4.52. The van der Waals surface area contributed by atoms with Crippen LogP contribution in [0.15, 0.2) is 83.8 Å². The van der Waals surface area contributed by atoms with E-state index in [0.717, 1.165) is 22.4 Å². The Morgan fingerprint density at radius 1 is 0.935 bits per heavy atom. The Labute approximate surface area is 183 Å². The topological polar surface area (TPSA) is 72.5 Å². The van der Waals surface area contributed by atoms with Gasteiger partial charge in [-0.05, 0) is 54.0 Å². The molecule has 1 amide bonds. The first-order valence-corrected chi connectivity index (χ1v) is 11.7. The van der Waals surface area contributed by atoms with Crippen LogP contribution in [-0.2, 0) is 14.6 Å². The van der Waals surface area contributed by atoms with Gasteiger partial charge in [0.2, 0.25) is 0 Å². The van der Waals surface area contributed by atoms with Crippen molar-refractivity contribution in [3.63, 3.8) is 0 Å². The Hall–Kier alpha value is -3.38. The Morgan fingerprint density at radius 2 is 1.55 bits per heavy atom. The first kappa shape index (κ1) is 22.3. The first-order chi connectivity index (χ1) is 14.8. The maximum absolute atomic E-state index is 13.2. The van der Waals surface area contributed by atoms with Crippen LogP contribution in [0.4, 0.5) is 0 Å². The predicted molar refractivity (Wildman–Crippen MR) is 123 cm³/mol. The third kappa shape index (κ3) is 5.83. The van der Waals surface area contributed by atoms with E-state index in [2.05, 4.69) is 5.32 Å². The molecule has 3 aromatic rings. The van der Waals surface area contributed by atoms with Gasteiger partial charge in [0.05, 0.1) is 18.0 Å². The van der Waals surface area contributed by atoms with Crippen molar-refractivity contribution in [1.29, 1.82) is 0 Å². The van der Waals surface area contributed by atoms with Crippen molar-refractivity contribution in [3.8, 4) is 5.75 Å². The molecule has 1 N–H and O–H groups in total. The van der Waals surface area contributed by atoms with Crippen LogP contribution >= 0.6 is 0 Å². The maximum atomic E-state index is 13.2. The van der Waals surface area contributed by atoms with Crippen LogP contribution in [0.1, 0.15) is 29.7 Å². The number of nitrogens with one attached hydrogen (secondary N) is 1. The summed E-state index contributed by atoms with van der Waals surface area (Å²) in [6.45, 7) is 1.86. The lowest BCUT2D eigenvalue weighted by atomic mass is 10.0. The minimum Gasteiger partial charge on any atom is -0.497 e. The molecule has 0 spiro atoms. The van der Waals surface area contributed by atoms with Gasteiger partial charge in [0.15, 0.2) is 9.84 Å². The number of hydrogen-bond donors (Lipinski definition) is 1. The second kappa shape index (κ2) is 9.62. The van der Waals surface area contributed by atoms with Crippen molar-refractivity contribution in [3.05, 3.63) is 95.6 Å². The summed E-state index contributed by atoms with van der Waals surface area (Å²) < 4.78 is 28.5. The summed E-state index contributed by atoms with van der Waals surface area (Å²) in [6, 6.07) is 23.2. The zero-order valence-corrected chi connectivity index (χ0v) is 18.5. The van der Waals surface area contributed by atoms with Crippen molar-refractivity contribution in [2.45, 2.75) is 17.9 Å². The van der Waals surface area contributed by atoms with Crippen LogP contribution in [0.5, 0.6) is 5.75 Å². The smallest absolute Gasteiger partial charge is 0.252 e. The average Bonchev–Trinajstić information content (AvgIpc) is 2.78. The number of benzene rings is 3. The molecule has 0 fully saturated rings. The molecule has 0 heterocycles. The molecular formula is C25H25NO4S. The number of amides is 1. The molecule has 0 aromatic heterocycles. The van der Waals surface area contributed by atoms with Gasteiger partial charge >= 0.3 is 0 Å². The molecule has 3 rings (SSSR count). The second-order valence-corrected chi connectivity index (χ2v) is 9.25. The molecule has 0 aliphatic carbocycles. The normalized spacial score (nSPS) is 12.8. The summed E-state index contributed by atoms with van der Waals surface area (Å²) in [5.74, 6) is 0.524. The van der Waals surface area contributed by atoms with E-state index in [1.807, 2.05) is 67.6 Å². The summed E-state index contributed by atoms with van der Waals surface area (Å²) in [7, 11) is -1.65. The van der Waals surface area contributed by atoms with Crippen LogP contribution in [0, 0.1) is 0 Å². The van der Waals surface area contributed by atoms with Crippen LogP contribution < -0.4 is 10.1 Å². The lowest BCUT2D eigenvalue weighted by Crippen LogP contribution is -2.27. The molecule has 31 heavy (non-hydrogen) atoms. The van der Waals surface area contributed by atoms with Crippen molar-refractivity contribution in [2.75, 3.05) is 13.4 Å². The van der Waals surface area contributed by atoms with Crippen LogP contribution in [-0.4, -0.2) is 27.7 Å². The quantitative estimate of drug-likeness (QED) is 0.438. The Morgan fingerprint density at radius 3 is 2.10 bits per heavy atom. The SMILES string of the molecule is COc1ccc(/C=C(/C(=O)N[C@@H](C)c2ccc(S(C)(=O)=O)cc2)c2ccccc2)cc1. The minimum atomic E-state index is -3.26. The third-order valence-electron chi connectivity index (χ3n) is 4.91. The van der Waals surface area contributed by atoms with Crippen molar-refractivity contribution >= 4 is 27.4 Å².